The molecule has 3 rings (SSSR count). The largest absolute Gasteiger partial charge is 0.340 e. The van der Waals surface area contributed by atoms with E-state index in [4.69, 9.17) is 11.6 Å². The first kappa shape index (κ1) is 15.7. The summed E-state index contributed by atoms with van der Waals surface area (Å²) in [6.45, 7) is 1.61. The van der Waals surface area contributed by atoms with Crippen molar-refractivity contribution in [3.8, 4) is 0 Å². The number of rotatable bonds is 3. The Labute approximate surface area is 140 Å². The lowest BCUT2D eigenvalue weighted by Gasteiger charge is -2.19. The molecule has 0 radical (unpaired) electrons. The average Bonchev–Trinajstić information content (AvgIpc) is 2.84. The van der Waals surface area contributed by atoms with Crippen LogP contribution in [0.25, 0.3) is 0 Å². The Kier molecular flexibility index (Phi) is 5.08. The first-order valence-electron chi connectivity index (χ1n) is 7.86. The fraction of sp³-hybridized carbons (Fsp3) is 0.353. The molecule has 0 bridgehead atoms. The van der Waals surface area contributed by atoms with Crippen LogP contribution < -0.4 is 5.32 Å². The van der Waals surface area contributed by atoms with Crippen molar-refractivity contribution >= 4 is 29.0 Å². The number of likely N-dealkylation sites (tertiary alicyclic amines) is 1. The van der Waals surface area contributed by atoms with Gasteiger partial charge in [-0.25, -0.2) is 9.97 Å². The SMILES string of the molecule is O=C(c1cc(Nc2cccc(Cl)c2)ncn1)N1CCCCCC1. The molecule has 5 nitrogen and oxygen atoms in total. The van der Waals surface area contributed by atoms with Crippen LogP contribution in [-0.2, 0) is 0 Å². The minimum absolute atomic E-state index is 0.0246. The van der Waals surface area contributed by atoms with E-state index in [1.165, 1.54) is 19.2 Å². The van der Waals surface area contributed by atoms with Crippen LogP contribution in [0.4, 0.5) is 11.5 Å². The van der Waals surface area contributed by atoms with Gasteiger partial charge >= 0.3 is 0 Å². The summed E-state index contributed by atoms with van der Waals surface area (Å²) in [4.78, 5) is 22.8. The third-order valence-electron chi connectivity index (χ3n) is 3.88. The standard InChI is InChI=1S/C17H19ClN4O/c18-13-6-5-7-14(10-13)21-16-11-15(19-12-20-16)17(23)22-8-3-1-2-4-9-22/h5-7,10-12H,1-4,8-9H2,(H,19,20,21). The summed E-state index contributed by atoms with van der Waals surface area (Å²) in [5.41, 5.74) is 1.25. The quantitative estimate of drug-likeness (QED) is 0.927. The van der Waals surface area contributed by atoms with Crippen LogP contribution in [-0.4, -0.2) is 33.9 Å². The Morgan fingerprint density at radius 3 is 2.61 bits per heavy atom. The molecule has 1 aromatic carbocycles. The number of hydrogen-bond donors (Lipinski definition) is 1. The fourth-order valence-electron chi connectivity index (χ4n) is 2.69. The molecule has 0 atom stereocenters. The Balaban J connectivity index is 1.75. The molecule has 120 valence electrons. The summed E-state index contributed by atoms with van der Waals surface area (Å²) in [6, 6.07) is 9.05. The summed E-state index contributed by atoms with van der Waals surface area (Å²) in [5, 5.41) is 3.79. The third-order valence-corrected chi connectivity index (χ3v) is 4.11. The lowest BCUT2D eigenvalue weighted by Crippen LogP contribution is -2.32. The van der Waals surface area contributed by atoms with E-state index in [9.17, 15) is 4.79 Å². The van der Waals surface area contributed by atoms with Crippen molar-refractivity contribution in [3.63, 3.8) is 0 Å². The lowest BCUT2D eigenvalue weighted by atomic mass is 10.2. The smallest absolute Gasteiger partial charge is 0.272 e. The highest BCUT2D eigenvalue weighted by Crippen LogP contribution is 2.19. The first-order valence-corrected chi connectivity index (χ1v) is 8.24. The van der Waals surface area contributed by atoms with Crippen LogP contribution in [0.15, 0.2) is 36.7 Å². The zero-order valence-electron chi connectivity index (χ0n) is 12.8. The number of nitrogens with one attached hydrogen (secondary N) is 1. The normalized spacial score (nSPS) is 15.1. The second kappa shape index (κ2) is 7.42. The number of carbonyl (C=O) groups is 1. The maximum Gasteiger partial charge on any atom is 0.272 e. The molecule has 0 spiro atoms. The van der Waals surface area contributed by atoms with Gasteiger partial charge in [-0.3, -0.25) is 4.79 Å². The summed E-state index contributed by atoms with van der Waals surface area (Å²) >= 11 is 5.98. The number of anilines is 2. The topological polar surface area (TPSA) is 58.1 Å². The van der Waals surface area contributed by atoms with Gasteiger partial charge in [0.2, 0.25) is 0 Å². The molecular formula is C17H19ClN4O. The van der Waals surface area contributed by atoms with Gasteiger partial charge in [0.25, 0.3) is 5.91 Å². The Bertz CT molecular complexity index is 684. The fourth-order valence-corrected chi connectivity index (χ4v) is 2.88. The van der Waals surface area contributed by atoms with Crippen LogP contribution in [0.5, 0.6) is 0 Å². The monoisotopic (exact) mass is 330 g/mol. The summed E-state index contributed by atoms with van der Waals surface area (Å²) < 4.78 is 0. The highest BCUT2D eigenvalue weighted by Gasteiger charge is 2.18. The van der Waals surface area contributed by atoms with Crippen molar-refractivity contribution in [1.29, 1.82) is 0 Å². The molecule has 1 saturated heterocycles. The molecule has 0 aliphatic carbocycles. The van der Waals surface area contributed by atoms with Crippen molar-refractivity contribution < 1.29 is 4.79 Å². The number of carbonyl (C=O) groups excluding carboxylic acids is 1. The van der Waals surface area contributed by atoms with E-state index in [0.717, 1.165) is 31.6 Å². The molecular weight excluding hydrogens is 312 g/mol. The first-order chi connectivity index (χ1) is 11.2. The van der Waals surface area contributed by atoms with Crippen molar-refractivity contribution in [2.24, 2.45) is 0 Å². The van der Waals surface area contributed by atoms with Gasteiger partial charge in [-0.1, -0.05) is 30.5 Å². The number of halogens is 1. The van der Waals surface area contributed by atoms with Crippen molar-refractivity contribution in [2.75, 3.05) is 18.4 Å². The van der Waals surface area contributed by atoms with Gasteiger partial charge in [0.1, 0.15) is 17.8 Å². The predicted molar refractivity (Wildman–Crippen MR) is 91.1 cm³/mol. The van der Waals surface area contributed by atoms with Gasteiger partial charge in [-0.15, -0.1) is 0 Å². The van der Waals surface area contributed by atoms with Crippen molar-refractivity contribution in [1.82, 2.24) is 14.9 Å². The molecule has 1 aliphatic rings. The molecule has 23 heavy (non-hydrogen) atoms. The molecule has 0 saturated carbocycles. The molecule has 2 heterocycles. The molecule has 1 fully saturated rings. The predicted octanol–water partition coefficient (Wildman–Crippen LogP) is 3.89. The minimum atomic E-state index is -0.0246. The van der Waals surface area contributed by atoms with E-state index >= 15 is 0 Å². The van der Waals surface area contributed by atoms with Crippen LogP contribution in [0.1, 0.15) is 36.2 Å². The summed E-state index contributed by atoms with van der Waals surface area (Å²) in [7, 11) is 0. The van der Waals surface area contributed by atoms with Crippen LogP contribution in [0.3, 0.4) is 0 Å². The van der Waals surface area contributed by atoms with E-state index in [1.807, 2.05) is 17.0 Å². The maximum absolute atomic E-state index is 12.6. The zero-order chi connectivity index (χ0) is 16.1. The summed E-state index contributed by atoms with van der Waals surface area (Å²) in [5.74, 6) is 0.559. The van der Waals surface area contributed by atoms with Crippen molar-refractivity contribution in [3.05, 3.63) is 47.4 Å². The number of amides is 1. The maximum atomic E-state index is 12.6. The summed E-state index contributed by atoms with van der Waals surface area (Å²) in [6.07, 6.45) is 5.91. The Morgan fingerprint density at radius 2 is 1.87 bits per heavy atom. The number of aromatic nitrogens is 2. The molecule has 0 unspecified atom stereocenters. The van der Waals surface area contributed by atoms with Gasteiger partial charge in [0.15, 0.2) is 0 Å². The second-order valence-corrected chi connectivity index (χ2v) is 6.07. The molecule has 2 aromatic rings. The number of hydrogen-bond acceptors (Lipinski definition) is 4. The van der Waals surface area contributed by atoms with Gasteiger partial charge in [0, 0.05) is 29.9 Å². The molecule has 6 heteroatoms. The van der Waals surface area contributed by atoms with Crippen molar-refractivity contribution in [2.45, 2.75) is 25.7 Å². The molecule has 1 aliphatic heterocycles. The van der Waals surface area contributed by atoms with Crippen LogP contribution in [0, 0.1) is 0 Å². The third kappa shape index (κ3) is 4.20. The van der Waals surface area contributed by atoms with Gasteiger partial charge in [-0.2, -0.15) is 0 Å². The van der Waals surface area contributed by atoms with Gasteiger partial charge < -0.3 is 10.2 Å². The van der Waals surface area contributed by atoms with E-state index in [1.54, 1.807) is 18.2 Å². The van der Waals surface area contributed by atoms with Gasteiger partial charge in [0.05, 0.1) is 0 Å². The van der Waals surface area contributed by atoms with Crippen LogP contribution in [0.2, 0.25) is 5.02 Å². The number of nitrogens with zero attached hydrogens (tertiary/aromatic N) is 3. The zero-order valence-corrected chi connectivity index (χ0v) is 13.6. The second-order valence-electron chi connectivity index (χ2n) is 5.63. The molecule has 1 aromatic heterocycles. The Morgan fingerprint density at radius 1 is 1.09 bits per heavy atom. The average molecular weight is 331 g/mol. The van der Waals surface area contributed by atoms with E-state index in [2.05, 4.69) is 15.3 Å². The molecule has 1 amide bonds. The van der Waals surface area contributed by atoms with E-state index in [-0.39, 0.29) is 5.91 Å². The van der Waals surface area contributed by atoms with Crippen LogP contribution >= 0.6 is 11.6 Å². The Hall–Kier alpha value is -2.14. The van der Waals surface area contributed by atoms with E-state index < -0.39 is 0 Å². The minimum Gasteiger partial charge on any atom is -0.340 e. The highest BCUT2D eigenvalue weighted by molar-refractivity contribution is 6.30. The van der Waals surface area contributed by atoms with Gasteiger partial charge in [-0.05, 0) is 31.0 Å². The highest BCUT2D eigenvalue weighted by atomic mass is 35.5. The lowest BCUT2D eigenvalue weighted by molar-refractivity contribution is 0.0755. The number of benzene rings is 1. The molecule has 1 N–H and O–H groups in total. The van der Waals surface area contributed by atoms with E-state index in [0.29, 0.717) is 16.5 Å².